The molecule has 4 rings (SSSR count). The van der Waals surface area contributed by atoms with E-state index in [9.17, 15) is 31.1 Å². The van der Waals surface area contributed by atoms with Crippen LogP contribution in [0.2, 0.25) is 0 Å². The Morgan fingerprint density at radius 1 is 0.765 bits per heavy atom. The molecule has 1 aromatic heterocycles. The van der Waals surface area contributed by atoms with E-state index < -0.39 is 29.1 Å². The first kappa shape index (κ1) is 23.1. The van der Waals surface area contributed by atoms with Crippen molar-refractivity contribution < 1.29 is 40.3 Å². The molecule has 0 amide bonds. The number of H-pyrrole nitrogens is 1. The summed E-state index contributed by atoms with van der Waals surface area (Å²) in [6.45, 7) is 0. The number of rotatable bonds is 4. The van der Waals surface area contributed by atoms with Gasteiger partial charge in [0.2, 0.25) is 5.69 Å². The number of methoxy groups -OCH3 is 1. The predicted octanol–water partition coefficient (Wildman–Crippen LogP) is 5.62. The maximum Gasteiger partial charge on any atom is 0.435 e. The van der Waals surface area contributed by atoms with Gasteiger partial charge in [0, 0.05) is 12.1 Å². The molecule has 5 nitrogen and oxygen atoms in total. The molecule has 0 saturated heterocycles. The standard InChI is InChI=1S/C23H14F6N2O3/c1-33-19-8-6-18(7-9-19)31-20(21(32)34-30-31)14-4-2-13(3-5-14)15-10-16(22(24,25)26)12-17(11-15)23(27,28)29/h2-12H,1H3/p+1. The van der Waals surface area contributed by atoms with Gasteiger partial charge in [0.1, 0.15) is 5.75 Å². The number of benzene rings is 3. The molecular weight excluding hydrogens is 466 g/mol. The normalized spacial score (nSPS) is 12.1. The lowest BCUT2D eigenvalue weighted by molar-refractivity contribution is -0.660. The van der Waals surface area contributed by atoms with E-state index in [0.29, 0.717) is 29.1 Å². The highest BCUT2D eigenvalue weighted by molar-refractivity contribution is 5.69. The molecule has 3 aromatic carbocycles. The summed E-state index contributed by atoms with van der Waals surface area (Å²) >= 11 is 0. The van der Waals surface area contributed by atoms with E-state index in [2.05, 4.69) is 5.27 Å². The van der Waals surface area contributed by atoms with Crippen molar-refractivity contribution in [1.82, 2.24) is 5.27 Å². The highest BCUT2D eigenvalue weighted by atomic mass is 19.4. The quantitative estimate of drug-likeness (QED) is 0.304. The minimum Gasteiger partial charge on any atom is -0.497 e. The van der Waals surface area contributed by atoms with E-state index in [0.717, 1.165) is 0 Å². The summed E-state index contributed by atoms with van der Waals surface area (Å²) in [5, 5.41) is 2.46. The number of aromatic nitrogens is 2. The van der Waals surface area contributed by atoms with Crippen LogP contribution in [-0.4, -0.2) is 12.4 Å². The van der Waals surface area contributed by atoms with Crippen LogP contribution in [0, 0.1) is 0 Å². The fourth-order valence-corrected chi connectivity index (χ4v) is 3.37. The number of alkyl halides is 6. The third-order valence-corrected chi connectivity index (χ3v) is 5.06. The van der Waals surface area contributed by atoms with Crippen LogP contribution in [-0.2, 0) is 12.4 Å². The van der Waals surface area contributed by atoms with Crippen LogP contribution in [0.25, 0.3) is 28.1 Å². The van der Waals surface area contributed by atoms with Gasteiger partial charge in [-0.3, -0.25) is 4.52 Å². The molecule has 1 N–H and O–H groups in total. The van der Waals surface area contributed by atoms with Gasteiger partial charge in [-0.1, -0.05) is 12.1 Å². The number of nitrogens with zero attached hydrogens (tertiary/aromatic N) is 1. The number of aromatic amines is 1. The lowest BCUT2D eigenvalue weighted by Crippen LogP contribution is -2.36. The third-order valence-electron chi connectivity index (χ3n) is 5.06. The first-order valence-corrected chi connectivity index (χ1v) is 9.65. The minimum absolute atomic E-state index is 0.0701. The fourth-order valence-electron chi connectivity index (χ4n) is 3.37. The van der Waals surface area contributed by atoms with E-state index in [4.69, 9.17) is 9.26 Å². The summed E-state index contributed by atoms with van der Waals surface area (Å²) in [6.07, 6.45) is -9.91. The molecule has 0 bridgehead atoms. The van der Waals surface area contributed by atoms with Crippen LogP contribution in [0.3, 0.4) is 0 Å². The monoisotopic (exact) mass is 481 g/mol. The lowest BCUT2D eigenvalue weighted by atomic mass is 9.98. The van der Waals surface area contributed by atoms with Crippen molar-refractivity contribution in [2.75, 3.05) is 7.11 Å². The number of hydrogen-bond donors (Lipinski definition) is 1. The second-order valence-corrected chi connectivity index (χ2v) is 7.23. The molecule has 0 aliphatic carbocycles. The largest absolute Gasteiger partial charge is 0.497 e. The molecule has 0 unspecified atom stereocenters. The Balaban J connectivity index is 1.76. The second kappa shape index (κ2) is 8.40. The molecule has 34 heavy (non-hydrogen) atoms. The van der Waals surface area contributed by atoms with E-state index >= 15 is 0 Å². The molecule has 4 aromatic rings. The van der Waals surface area contributed by atoms with E-state index in [1.165, 1.54) is 36.1 Å². The van der Waals surface area contributed by atoms with Gasteiger partial charge in [0.15, 0.2) is 0 Å². The lowest BCUT2D eigenvalue weighted by Gasteiger charge is -2.14. The van der Waals surface area contributed by atoms with E-state index in [-0.39, 0.29) is 22.9 Å². The molecule has 11 heteroatoms. The Labute approximate surface area is 187 Å². The molecule has 0 radical (unpaired) electrons. The zero-order valence-electron chi connectivity index (χ0n) is 17.3. The summed E-state index contributed by atoms with van der Waals surface area (Å²) < 4.78 is 90.4. The van der Waals surface area contributed by atoms with Gasteiger partial charge in [0.25, 0.3) is 0 Å². The topological polar surface area (TPSA) is 59.1 Å². The Hall–Kier alpha value is -4.02. The summed E-state index contributed by atoms with van der Waals surface area (Å²) in [6, 6.07) is 13.5. The molecule has 0 saturated carbocycles. The molecule has 0 aliphatic heterocycles. The second-order valence-electron chi connectivity index (χ2n) is 7.23. The summed E-state index contributed by atoms with van der Waals surface area (Å²) in [5.74, 6) is 0.584. The van der Waals surface area contributed by atoms with Crippen LogP contribution < -0.4 is 15.0 Å². The van der Waals surface area contributed by atoms with Gasteiger partial charge in [-0.2, -0.15) is 26.3 Å². The zero-order chi connectivity index (χ0) is 24.7. The van der Waals surface area contributed by atoms with Gasteiger partial charge in [0.05, 0.1) is 23.8 Å². The maximum absolute atomic E-state index is 13.2. The van der Waals surface area contributed by atoms with Gasteiger partial charge in [-0.05, 0) is 63.5 Å². The van der Waals surface area contributed by atoms with Crippen molar-refractivity contribution in [2.45, 2.75) is 12.4 Å². The third kappa shape index (κ3) is 4.54. The van der Waals surface area contributed by atoms with Crippen LogP contribution in [0.5, 0.6) is 5.75 Å². The van der Waals surface area contributed by atoms with Gasteiger partial charge in [-0.15, -0.1) is 0 Å². The van der Waals surface area contributed by atoms with Crippen molar-refractivity contribution in [3.05, 3.63) is 88.3 Å². The molecule has 0 fully saturated rings. The number of ether oxygens (including phenoxy) is 1. The summed E-state index contributed by atoms with van der Waals surface area (Å²) in [5.41, 5.74) is -2.76. The van der Waals surface area contributed by atoms with Crippen LogP contribution in [0.4, 0.5) is 26.3 Å². The fraction of sp³-hybridized carbons (Fsp3) is 0.130. The van der Waals surface area contributed by atoms with Crippen molar-refractivity contribution >= 4 is 0 Å². The van der Waals surface area contributed by atoms with Crippen molar-refractivity contribution in [1.29, 1.82) is 0 Å². The predicted molar refractivity (Wildman–Crippen MR) is 108 cm³/mol. The summed E-state index contributed by atoms with van der Waals surface area (Å²) in [7, 11) is 1.50. The van der Waals surface area contributed by atoms with Gasteiger partial charge < -0.3 is 4.74 Å². The maximum atomic E-state index is 13.2. The molecule has 176 valence electrons. The van der Waals surface area contributed by atoms with Crippen molar-refractivity contribution in [3.8, 4) is 33.8 Å². The Bertz CT molecular complexity index is 1340. The Morgan fingerprint density at radius 2 is 1.29 bits per heavy atom. The molecular formula is C23H15F6N2O3+. The van der Waals surface area contributed by atoms with Crippen molar-refractivity contribution in [3.63, 3.8) is 0 Å². The molecule has 0 spiro atoms. The Morgan fingerprint density at radius 3 is 1.79 bits per heavy atom. The SMILES string of the molecule is COc1ccc(-[n+]2[nH]oc(=O)c2-c2ccc(-c3cc(C(F)(F)F)cc(C(F)(F)F)c3)cc2)cc1. The number of halogens is 6. The first-order chi connectivity index (χ1) is 16.0. The van der Waals surface area contributed by atoms with Crippen molar-refractivity contribution in [2.24, 2.45) is 0 Å². The van der Waals surface area contributed by atoms with Crippen LogP contribution in [0.15, 0.2) is 76.0 Å². The average Bonchev–Trinajstić information content (AvgIpc) is 3.19. The number of hydrogen-bond acceptors (Lipinski definition) is 3. The molecule has 0 atom stereocenters. The first-order valence-electron chi connectivity index (χ1n) is 9.65. The van der Waals surface area contributed by atoms with Gasteiger partial charge in [-0.25, -0.2) is 4.79 Å². The van der Waals surface area contributed by atoms with Crippen LogP contribution >= 0.6 is 0 Å². The highest BCUT2D eigenvalue weighted by Gasteiger charge is 2.37. The van der Waals surface area contributed by atoms with E-state index in [1.807, 2.05) is 0 Å². The average molecular weight is 481 g/mol. The van der Waals surface area contributed by atoms with Gasteiger partial charge >= 0.3 is 23.7 Å². The zero-order valence-corrected chi connectivity index (χ0v) is 17.3. The minimum atomic E-state index is -4.95. The highest BCUT2D eigenvalue weighted by Crippen LogP contribution is 2.38. The number of nitrogens with one attached hydrogen (secondary N) is 1. The smallest absolute Gasteiger partial charge is 0.435 e. The summed E-state index contributed by atoms with van der Waals surface area (Å²) in [4.78, 5) is 12.3. The van der Waals surface area contributed by atoms with E-state index in [1.54, 1.807) is 24.3 Å². The Kier molecular flexibility index (Phi) is 5.72. The molecule has 0 aliphatic rings. The molecule has 1 heterocycles. The van der Waals surface area contributed by atoms with Crippen LogP contribution in [0.1, 0.15) is 11.1 Å².